The molecule has 0 atom stereocenters. The molecule has 0 unspecified atom stereocenters. The van der Waals surface area contributed by atoms with E-state index in [4.69, 9.17) is 4.74 Å². The highest BCUT2D eigenvalue weighted by atomic mass is 79.9. The van der Waals surface area contributed by atoms with Crippen molar-refractivity contribution < 1.29 is 4.74 Å². The monoisotopic (exact) mass is 299 g/mol. The average molecular weight is 300 g/mol. The van der Waals surface area contributed by atoms with Crippen molar-refractivity contribution in [1.29, 1.82) is 0 Å². The first-order valence-corrected chi connectivity index (χ1v) is 6.97. The van der Waals surface area contributed by atoms with Gasteiger partial charge in [-0.25, -0.2) is 0 Å². The topological polar surface area (TPSA) is 21.3 Å². The predicted octanol–water partition coefficient (Wildman–Crippen LogP) is 3.53. The van der Waals surface area contributed by atoms with Crippen LogP contribution < -0.4 is 10.1 Å². The summed E-state index contributed by atoms with van der Waals surface area (Å²) in [5, 5.41) is 3.34. The van der Waals surface area contributed by atoms with Gasteiger partial charge in [0, 0.05) is 17.5 Å². The first-order chi connectivity index (χ1) is 7.92. The lowest BCUT2D eigenvalue weighted by molar-refractivity contribution is 0.385. The number of halogens is 1. The van der Waals surface area contributed by atoms with Crippen LogP contribution in [0.25, 0.3) is 0 Å². The largest absolute Gasteiger partial charge is 0.496 e. The zero-order valence-corrected chi connectivity index (χ0v) is 12.9. The van der Waals surface area contributed by atoms with Gasteiger partial charge < -0.3 is 10.1 Å². The molecule has 0 aromatic heterocycles. The minimum absolute atomic E-state index is 0.0515. The quantitative estimate of drug-likeness (QED) is 0.663. The molecule has 0 saturated heterocycles. The van der Waals surface area contributed by atoms with Gasteiger partial charge >= 0.3 is 0 Å². The van der Waals surface area contributed by atoms with E-state index >= 15 is 0 Å². The fourth-order valence-electron chi connectivity index (χ4n) is 2.18. The number of rotatable bonds is 5. The molecule has 0 aliphatic carbocycles. The summed E-state index contributed by atoms with van der Waals surface area (Å²) >= 11 is 3.40. The van der Waals surface area contributed by atoms with Crippen LogP contribution in [-0.2, 0) is 5.41 Å². The summed E-state index contributed by atoms with van der Waals surface area (Å²) in [7, 11) is 1.75. The zero-order chi connectivity index (χ0) is 13.1. The molecule has 17 heavy (non-hydrogen) atoms. The Bertz CT molecular complexity index is 388. The lowest BCUT2D eigenvalue weighted by Crippen LogP contribution is -2.32. The van der Waals surface area contributed by atoms with Gasteiger partial charge in [0.1, 0.15) is 5.75 Å². The van der Waals surface area contributed by atoms with Crippen molar-refractivity contribution >= 4 is 15.9 Å². The normalized spacial score (nSPS) is 11.6. The lowest BCUT2D eigenvalue weighted by atomic mass is 9.82. The maximum Gasteiger partial charge on any atom is 0.125 e. The number of ether oxygens (including phenoxy) is 1. The molecular weight excluding hydrogens is 278 g/mol. The van der Waals surface area contributed by atoms with E-state index in [-0.39, 0.29) is 5.41 Å². The maximum atomic E-state index is 5.56. The van der Waals surface area contributed by atoms with Crippen LogP contribution in [0.2, 0.25) is 0 Å². The van der Waals surface area contributed by atoms with Gasteiger partial charge in [0.15, 0.2) is 0 Å². The van der Waals surface area contributed by atoms with Crippen LogP contribution in [0.1, 0.15) is 30.5 Å². The highest BCUT2D eigenvalue weighted by Crippen LogP contribution is 2.34. The van der Waals surface area contributed by atoms with E-state index in [1.807, 2.05) is 0 Å². The molecule has 0 aliphatic heterocycles. The van der Waals surface area contributed by atoms with Crippen molar-refractivity contribution in [3.05, 3.63) is 28.8 Å². The number of aryl methyl sites for hydroxylation is 2. The molecule has 1 N–H and O–H groups in total. The first kappa shape index (κ1) is 14.5. The Kier molecular flexibility index (Phi) is 5.02. The summed E-state index contributed by atoms with van der Waals surface area (Å²) in [5.41, 5.74) is 4.62. The fraction of sp³-hybridized carbons (Fsp3) is 0.571. The average Bonchev–Trinajstić information content (AvgIpc) is 2.25. The number of nitrogens with one attached hydrogen (secondary N) is 1. The number of alkyl halides is 1. The van der Waals surface area contributed by atoms with E-state index < -0.39 is 0 Å². The molecule has 3 heteroatoms. The number of hydrogen-bond donors (Lipinski definition) is 1. The molecule has 0 amide bonds. The fourth-order valence-corrected chi connectivity index (χ4v) is 2.38. The number of benzene rings is 1. The summed E-state index contributed by atoms with van der Waals surface area (Å²) in [4.78, 5) is 0. The molecule has 0 heterocycles. The number of hydrogen-bond acceptors (Lipinski definition) is 2. The Morgan fingerprint density at radius 3 is 2.47 bits per heavy atom. The molecule has 96 valence electrons. The van der Waals surface area contributed by atoms with E-state index in [9.17, 15) is 0 Å². The number of methoxy groups -OCH3 is 1. The smallest absolute Gasteiger partial charge is 0.125 e. The maximum absolute atomic E-state index is 5.56. The van der Waals surface area contributed by atoms with Gasteiger partial charge in [0.05, 0.1) is 12.6 Å². The molecule has 1 aromatic rings. The third kappa shape index (κ3) is 3.46. The van der Waals surface area contributed by atoms with Crippen molar-refractivity contribution in [2.75, 3.05) is 19.1 Å². The molecule has 0 saturated carbocycles. The molecule has 0 aliphatic rings. The molecule has 0 fully saturated rings. The summed E-state index contributed by atoms with van der Waals surface area (Å²) in [6.07, 6.45) is 0. The van der Waals surface area contributed by atoms with Crippen LogP contribution in [0, 0.1) is 13.8 Å². The molecule has 1 aromatic carbocycles. The van der Waals surface area contributed by atoms with Gasteiger partial charge in [-0.2, -0.15) is 0 Å². The zero-order valence-electron chi connectivity index (χ0n) is 11.4. The van der Waals surface area contributed by atoms with Crippen molar-refractivity contribution in [3.63, 3.8) is 0 Å². The molecule has 0 bridgehead atoms. The van der Waals surface area contributed by atoms with Crippen molar-refractivity contribution in [1.82, 2.24) is 5.32 Å². The molecule has 2 nitrogen and oxygen atoms in total. The summed E-state index contributed by atoms with van der Waals surface area (Å²) in [5.74, 6) is 1.01. The van der Waals surface area contributed by atoms with E-state index in [0.29, 0.717) is 0 Å². The Labute approximate surface area is 113 Å². The minimum atomic E-state index is 0.0515. The van der Waals surface area contributed by atoms with Gasteiger partial charge in [0.2, 0.25) is 0 Å². The van der Waals surface area contributed by atoms with E-state index in [1.165, 1.54) is 16.7 Å². The van der Waals surface area contributed by atoms with Crippen molar-refractivity contribution in [2.45, 2.75) is 33.1 Å². The first-order valence-electron chi connectivity index (χ1n) is 5.84. The predicted molar refractivity (Wildman–Crippen MR) is 77.3 cm³/mol. The van der Waals surface area contributed by atoms with Gasteiger partial charge in [-0.3, -0.25) is 0 Å². The third-order valence-electron chi connectivity index (χ3n) is 3.01. The van der Waals surface area contributed by atoms with Gasteiger partial charge in [0.25, 0.3) is 0 Å². The standard InChI is InChI=1S/C14H22BrNO/c1-10-6-11(2)13(17-5)12(7-10)14(3,4)8-16-9-15/h6-7,16H,8-9H2,1-5H3. The van der Waals surface area contributed by atoms with Crippen LogP contribution in [-0.4, -0.2) is 19.1 Å². The van der Waals surface area contributed by atoms with Gasteiger partial charge in [-0.15, -0.1) is 0 Å². The molecule has 1 rings (SSSR count). The highest BCUT2D eigenvalue weighted by Gasteiger charge is 2.25. The highest BCUT2D eigenvalue weighted by molar-refractivity contribution is 9.09. The van der Waals surface area contributed by atoms with E-state index in [1.54, 1.807) is 7.11 Å². The van der Waals surface area contributed by atoms with E-state index in [0.717, 1.165) is 17.7 Å². The van der Waals surface area contributed by atoms with Crippen LogP contribution in [0.3, 0.4) is 0 Å². The Morgan fingerprint density at radius 1 is 1.29 bits per heavy atom. The summed E-state index contributed by atoms with van der Waals surface area (Å²) in [6, 6.07) is 4.39. The van der Waals surface area contributed by atoms with E-state index in [2.05, 4.69) is 61.1 Å². The van der Waals surface area contributed by atoms with Crippen LogP contribution in [0.4, 0.5) is 0 Å². The minimum Gasteiger partial charge on any atom is -0.496 e. The SMILES string of the molecule is COc1c(C)cc(C)cc1C(C)(C)CNCBr. The Hall–Kier alpha value is -0.540. The molecular formula is C14H22BrNO. The van der Waals surface area contributed by atoms with Gasteiger partial charge in [-0.1, -0.05) is 47.5 Å². The molecule has 0 spiro atoms. The molecule has 0 radical (unpaired) electrons. The second kappa shape index (κ2) is 5.87. The summed E-state index contributed by atoms with van der Waals surface area (Å²) < 4.78 is 5.56. The van der Waals surface area contributed by atoms with Crippen molar-refractivity contribution in [2.24, 2.45) is 0 Å². The van der Waals surface area contributed by atoms with Crippen LogP contribution >= 0.6 is 15.9 Å². The third-order valence-corrected chi connectivity index (χ3v) is 3.41. The second-order valence-electron chi connectivity index (χ2n) is 5.11. The lowest BCUT2D eigenvalue weighted by Gasteiger charge is -2.28. The van der Waals surface area contributed by atoms with Crippen molar-refractivity contribution in [3.8, 4) is 5.75 Å². The summed E-state index contributed by atoms with van der Waals surface area (Å²) in [6.45, 7) is 9.61. The Balaban J connectivity index is 3.18. The second-order valence-corrected chi connectivity index (χ2v) is 5.67. The Morgan fingerprint density at radius 2 is 1.94 bits per heavy atom. The van der Waals surface area contributed by atoms with Crippen LogP contribution in [0.5, 0.6) is 5.75 Å². The van der Waals surface area contributed by atoms with Crippen LogP contribution in [0.15, 0.2) is 12.1 Å². The van der Waals surface area contributed by atoms with Gasteiger partial charge in [-0.05, 0) is 19.4 Å².